The van der Waals surface area contributed by atoms with Crippen molar-refractivity contribution >= 4 is 11.8 Å². The lowest BCUT2D eigenvalue weighted by Gasteiger charge is -2.27. The molecule has 2 N–H and O–H groups in total. The number of nitrogens with one attached hydrogen (secondary N) is 2. The fourth-order valence-electron chi connectivity index (χ4n) is 2.65. The van der Waals surface area contributed by atoms with E-state index in [4.69, 9.17) is 9.47 Å². The maximum Gasteiger partial charge on any atom is 0.242 e. The van der Waals surface area contributed by atoms with E-state index in [0.717, 1.165) is 11.3 Å². The van der Waals surface area contributed by atoms with Gasteiger partial charge in [0, 0.05) is 5.41 Å². The van der Waals surface area contributed by atoms with Gasteiger partial charge in [-0.1, -0.05) is 40.7 Å². The predicted octanol–water partition coefficient (Wildman–Crippen LogP) is 2.82. The van der Waals surface area contributed by atoms with Gasteiger partial charge in [0.2, 0.25) is 11.8 Å². The number of amides is 2. The van der Waals surface area contributed by atoms with Gasteiger partial charge in [-0.15, -0.1) is 0 Å². The standard InChI is InChI=1S/C20H30N2O4/c1-12(2)17(14-7-8-15-16(11-14)26-10-9-25-15)22-18(23)13(3)21-19(24)20(4,5)6/h7-8,11-13,17H,9-10H2,1-6H3,(H,21,24)(H,22,23). The molecule has 144 valence electrons. The van der Waals surface area contributed by atoms with Crippen LogP contribution in [0.15, 0.2) is 18.2 Å². The second-order valence-corrected chi connectivity index (χ2v) is 8.08. The molecule has 1 aromatic carbocycles. The summed E-state index contributed by atoms with van der Waals surface area (Å²) >= 11 is 0. The first-order chi connectivity index (χ1) is 12.1. The molecule has 2 rings (SSSR count). The average molecular weight is 362 g/mol. The molecule has 0 saturated carbocycles. The number of carbonyl (C=O) groups excluding carboxylic acids is 2. The molecule has 26 heavy (non-hydrogen) atoms. The van der Waals surface area contributed by atoms with E-state index < -0.39 is 11.5 Å². The smallest absolute Gasteiger partial charge is 0.242 e. The van der Waals surface area contributed by atoms with Crippen LogP contribution in [-0.2, 0) is 9.59 Å². The van der Waals surface area contributed by atoms with Gasteiger partial charge in [-0.05, 0) is 30.5 Å². The van der Waals surface area contributed by atoms with Crippen LogP contribution in [0.2, 0.25) is 0 Å². The number of hydrogen-bond acceptors (Lipinski definition) is 4. The maximum atomic E-state index is 12.6. The molecule has 0 radical (unpaired) electrons. The summed E-state index contributed by atoms with van der Waals surface area (Å²) in [6, 6.07) is 4.93. The number of ether oxygens (including phenoxy) is 2. The fraction of sp³-hybridized carbons (Fsp3) is 0.600. The zero-order valence-corrected chi connectivity index (χ0v) is 16.5. The van der Waals surface area contributed by atoms with Crippen molar-refractivity contribution in [2.45, 2.75) is 53.6 Å². The lowest BCUT2D eigenvalue weighted by molar-refractivity contribution is -0.133. The van der Waals surface area contributed by atoms with Gasteiger partial charge in [-0.2, -0.15) is 0 Å². The molecule has 2 atom stereocenters. The molecule has 6 nitrogen and oxygen atoms in total. The van der Waals surface area contributed by atoms with Crippen LogP contribution in [0.5, 0.6) is 11.5 Å². The summed E-state index contributed by atoms with van der Waals surface area (Å²) in [5.41, 5.74) is 0.411. The summed E-state index contributed by atoms with van der Waals surface area (Å²) < 4.78 is 11.2. The molecule has 6 heteroatoms. The highest BCUT2D eigenvalue weighted by molar-refractivity contribution is 5.89. The average Bonchev–Trinajstić information content (AvgIpc) is 2.57. The Hall–Kier alpha value is -2.24. The molecule has 0 bridgehead atoms. The summed E-state index contributed by atoms with van der Waals surface area (Å²) in [5.74, 6) is 1.23. The number of fused-ring (bicyclic) bond motifs is 1. The quantitative estimate of drug-likeness (QED) is 0.844. The molecule has 0 aliphatic carbocycles. The SMILES string of the molecule is CC(NC(=O)C(C)(C)C)C(=O)NC(c1ccc2c(c1)OCCO2)C(C)C. The Morgan fingerprint density at radius 2 is 1.62 bits per heavy atom. The van der Waals surface area contributed by atoms with Crippen molar-refractivity contribution in [3.8, 4) is 11.5 Å². The highest BCUT2D eigenvalue weighted by Gasteiger charge is 2.27. The van der Waals surface area contributed by atoms with E-state index >= 15 is 0 Å². The van der Waals surface area contributed by atoms with Gasteiger partial charge >= 0.3 is 0 Å². The summed E-state index contributed by atoms with van der Waals surface area (Å²) in [4.78, 5) is 24.7. The first kappa shape index (κ1) is 20.1. The largest absolute Gasteiger partial charge is 0.486 e. The van der Waals surface area contributed by atoms with Gasteiger partial charge in [-0.25, -0.2) is 0 Å². The van der Waals surface area contributed by atoms with Gasteiger partial charge in [0.05, 0.1) is 6.04 Å². The highest BCUT2D eigenvalue weighted by atomic mass is 16.6. The first-order valence-electron chi connectivity index (χ1n) is 9.10. The summed E-state index contributed by atoms with van der Waals surface area (Å²) in [6.45, 7) is 12.3. The van der Waals surface area contributed by atoms with E-state index in [9.17, 15) is 9.59 Å². The predicted molar refractivity (Wildman–Crippen MR) is 100 cm³/mol. The Kier molecular flexibility index (Phi) is 6.16. The van der Waals surface area contributed by atoms with Gasteiger partial charge in [0.25, 0.3) is 0 Å². The highest BCUT2D eigenvalue weighted by Crippen LogP contribution is 2.34. The van der Waals surface area contributed by atoms with Crippen molar-refractivity contribution < 1.29 is 19.1 Å². The maximum absolute atomic E-state index is 12.6. The molecule has 1 aliphatic heterocycles. The molecule has 0 saturated heterocycles. The van der Waals surface area contributed by atoms with Crippen LogP contribution in [0.3, 0.4) is 0 Å². The molecule has 2 amide bonds. The van der Waals surface area contributed by atoms with Crippen LogP contribution in [0.1, 0.15) is 53.1 Å². The fourth-order valence-corrected chi connectivity index (χ4v) is 2.65. The lowest BCUT2D eigenvalue weighted by atomic mass is 9.94. The van der Waals surface area contributed by atoms with Crippen molar-refractivity contribution in [1.29, 1.82) is 0 Å². The Balaban J connectivity index is 2.10. The minimum atomic E-state index is -0.611. The van der Waals surface area contributed by atoms with Crippen molar-refractivity contribution in [1.82, 2.24) is 10.6 Å². The Labute approximate surface area is 155 Å². The Morgan fingerprint density at radius 1 is 1.00 bits per heavy atom. The number of hydrogen-bond donors (Lipinski definition) is 2. The van der Waals surface area contributed by atoms with Crippen LogP contribution >= 0.6 is 0 Å². The normalized spacial score (nSPS) is 16.0. The molecule has 2 unspecified atom stereocenters. The van der Waals surface area contributed by atoms with Crippen molar-refractivity contribution in [2.75, 3.05) is 13.2 Å². The van der Waals surface area contributed by atoms with E-state index in [1.165, 1.54) is 0 Å². The zero-order valence-electron chi connectivity index (χ0n) is 16.5. The van der Waals surface area contributed by atoms with Crippen molar-refractivity contribution in [3.05, 3.63) is 23.8 Å². The van der Waals surface area contributed by atoms with Crippen LogP contribution in [0, 0.1) is 11.3 Å². The molecule has 1 aliphatic rings. The van der Waals surface area contributed by atoms with Crippen LogP contribution in [0.25, 0.3) is 0 Å². The molecular formula is C20H30N2O4. The third kappa shape index (κ3) is 4.90. The third-order valence-electron chi connectivity index (χ3n) is 4.31. The van der Waals surface area contributed by atoms with Gasteiger partial charge in [0.1, 0.15) is 19.3 Å². The molecule has 1 heterocycles. The summed E-state index contributed by atoms with van der Waals surface area (Å²) in [5, 5.41) is 5.82. The molecule has 1 aromatic rings. The lowest BCUT2D eigenvalue weighted by Crippen LogP contribution is -2.49. The van der Waals surface area contributed by atoms with Crippen LogP contribution < -0.4 is 20.1 Å². The van der Waals surface area contributed by atoms with Crippen LogP contribution in [-0.4, -0.2) is 31.1 Å². The van der Waals surface area contributed by atoms with E-state index in [1.54, 1.807) is 6.92 Å². The Bertz CT molecular complexity index is 664. The van der Waals surface area contributed by atoms with Crippen molar-refractivity contribution in [3.63, 3.8) is 0 Å². The summed E-state index contributed by atoms with van der Waals surface area (Å²) in [6.07, 6.45) is 0. The number of rotatable bonds is 5. The van der Waals surface area contributed by atoms with Gasteiger partial charge in [0.15, 0.2) is 11.5 Å². The third-order valence-corrected chi connectivity index (χ3v) is 4.31. The van der Waals surface area contributed by atoms with Gasteiger partial charge < -0.3 is 20.1 Å². The van der Waals surface area contributed by atoms with E-state index in [2.05, 4.69) is 10.6 Å². The zero-order chi connectivity index (χ0) is 19.5. The molecule has 0 fully saturated rings. The number of benzene rings is 1. The minimum absolute atomic E-state index is 0.152. The van der Waals surface area contributed by atoms with Gasteiger partial charge in [-0.3, -0.25) is 9.59 Å². The monoisotopic (exact) mass is 362 g/mol. The number of carbonyl (C=O) groups is 2. The Morgan fingerprint density at radius 3 is 2.19 bits per heavy atom. The van der Waals surface area contributed by atoms with E-state index in [-0.39, 0.29) is 23.8 Å². The first-order valence-corrected chi connectivity index (χ1v) is 9.10. The van der Waals surface area contributed by atoms with E-state index in [1.807, 2.05) is 52.8 Å². The molecule has 0 aromatic heterocycles. The topological polar surface area (TPSA) is 76.7 Å². The second-order valence-electron chi connectivity index (χ2n) is 8.08. The minimum Gasteiger partial charge on any atom is -0.486 e. The van der Waals surface area contributed by atoms with Crippen molar-refractivity contribution in [2.24, 2.45) is 11.3 Å². The summed E-state index contributed by atoms with van der Waals surface area (Å²) in [7, 11) is 0. The molecular weight excluding hydrogens is 332 g/mol. The molecule has 0 spiro atoms. The second kappa shape index (κ2) is 7.98. The van der Waals surface area contributed by atoms with E-state index in [0.29, 0.717) is 19.0 Å². The van der Waals surface area contributed by atoms with Crippen LogP contribution in [0.4, 0.5) is 0 Å².